The Kier molecular flexibility index (Phi) is 6.61. The standard InChI is InChI=1S/C21H22N2O5/c1-5-27-17-10-14(7-8-16(17)24)9-15(11-22)20(25)18-12(3)23-13(4)19(18)21(26)28-6-2/h7-10,23-24H,5-6H2,1-4H3/b15-9+. The Balaban J connectivity index is 2.51. The van der Waals surface area contributed by atoms with Gasteiger partial charge in [-0.25, -0.2) is 4.79 Å². The van der Waals surface area contributed by atoms with Crippen molar-refractivity contribution >= 4 is 17.8 Å². The predicted molar refractivity (Wildman–Crippen MR) is 103 cm³/mol. The maximum Gasteiger partial charge on any atom is 0.340 e. The first-order valence-electron chi connectivity index (χ1n) is 8.82. The molecule has 0 spiro atoms. The fourth-order valence-electron chi connectivity index (χ4n) is 2.87. The van der Waals surface area contributed by atoms with Gasteiger partial charge in [0.1, 0.15) is 11.6 Å². The maximum absolute atomic E-state index is 13.0. The molecule has 0 fully saturated rings. The number of ketones is 1. The molecule has 0 aliphatic rings. The van der Waals surface area contributed by atoms with E-state index in [4.69, 9.17) is 9.47 Å². The summed E-state index contributed by atoms with van der Waals surface area (Å²) < 4.78 is 10.4. The molecule has 0 aliphatic heterocycles. The number of hydrogen-bond acceptors (Lipinski definition) is 6. The number of Topliss-reactive ketones (excluding diaryl/α,β-unsaturated/α-hetero) is 1. The zero-order chi connectivity index (χ0) is 20.8. The number of benzene rings is 1. The van der Waals surface area contributed by atoms with E-state index >= 15 is 0 Å². The van der Waals surface area contributed by atoms with Crippen LogP contribution in [0.25, 0.3) is 6.08 Å². The van der Waals surface area contributed by atoms with Gasteiger partial charge in [-0.3, -0.25) is 4.79 Å². The van der Waals surface area contributed by atoms with Gasteiger partial charge in [0, 0.05) is 11.4 Å². The molecule has 0 bridgehead atoms. The van der Waals surface area contributed by atoms with E-state index in [0.717, 1.165) is 0 Å². The van der Waals surface area contributed by atoms with E-state index in [0.29, 0.717) is 23.6 Å². The van der Waals surface area contributed by atoms with E-state index in [1.807, 2.05) is 6.07 Å². The highest BCUT2D eigenvalue weighted by molar-refractivity contribution is 6.19. The Morgan fingerprint density at radius 1 is 1.18 bits per heavy atom. The Bertz CT molecular complexity index is 979. The molecule has 28 heavy (non-hydrogen) atoms. The number of esters is 1. The summed E-state index contributed by atoms with van der Waals surface area (Å²) in [6.07, 6.45) is 1.39. The number of phenols is 1. The Labute approximate surface area is 163 Å². The number of nitriles is 1. The molecule has 1 aromatic carbocycles. The van der Waals surface area contributed by atoms with Crippen LogP contribution in [0.1, 0.15) is 51.5 Å². The molecule has 146 valence electrons. The molecule has 0 saturated carbocycles. The minimum Gasteiger partial charge on any atom is -0.504 e. The van der Waals surface area contributed by atoms with Crippen LogP contribution in [-0.4, -0.2) is 35.1 Å². The summed E-state index contributed by atoms with van der Waals surface area (Å²) in [6.45, 7) is 7.31. The molecule has 2 N–H and O–H groups in total. The highest BCUT2D eigenvalue weighted by atomic mass is 16.5. The van der Waals surface area contributed by atoms with Gasteiger partial charge in [0.05, 0.1) is 24.3 Å². The Hall–Kier alpha value is -3.53. The van der Waals surface area contributed by atoms with E-state index in [1.54, 1.807) is 33.8 Å². The summed E-state index contributed by atoms with van der Waals surface area (Å²) in [4.78, 5) is 28.3. The third kappa shape index (κ3) is 4.23. The van der Waals surface area contributed by atoms with Gasteiger partial charge >= 0.3 is 5.97 Å². The zero-order valence-corrected chi connectivity index (χ0v) is 16.3. The molecule has 1 aromatic heterocycles. The molecule has 1 heterocycles. The number of ether oxygens (including phenoxy) is 2. The molecule has 0 radical (unpaired) electrons. The van der Waals surface area contributed by atoms with Gasteiger partial charge < -0.3 is 19.6 Å². The van der Waals surface area contributed by atoms with Crippen molar-refractivity contribution in [2.75, 3.05) is 13.2 Å². The van der Waals surface area contributed by atoms with Crippen LogP contribution in [0.2, 0.25) is 0 Å². The lowest BCUT2D eigenvalue weighted by Gasteiger charge is -2.07. The Morgan fingerprint density at radius 3 is 2.46 bits per heavy atom. The molecule has 0 unspecified atom stereocenters. The highest BCUT2D eigenvalue weighted by Crippen LogP contribution is 2.29. The number of hydrogen-bond donors (Lipinski definition) is 2. The number of rotatable bonds is 7. The van der Waals surface area contributed by atoms with Crippen LogP contribution in [-0.2, 0) is 4.74 Å². The number of nitrogens with one attached hydrogen (secondary N) is 1. The summed E-state index contributed by atoms with van der Waals surface area (Å²) in [7, 11) is 0. The van der Waals surface area contributed by atoms with Gasteiger partial charge in [0.2, 0.25) is 5.78 Å². The number of aryl methyl sites for hydroxylation is 2. The van der Waals surface area contributed by atoms with E-state index in [-0.39, 0.29) is 34.8 Å². The minimum absolute atomic E-state index is 0.0365. The number of carbonyl (C=O) groups is 2. The van der Waals surface area contributed by atoms with Crippen molar-refractivity contribution in [1.29, 1.82) is 5.26 Å². The second kappa shape index (κ2) is 8.91. The molecular formula is C21H22N2O5. The van der Waals surface area contributed by atoms with Gasteiger partial charge in [-0.05, 0) is 51.5 Å². The van der Waals surface area contributed by atoms with Crippen LogP contribution in [0.15, 0.2) is 23.8 Å². The van der Waals surface area contributed by atoms with Gasteiger partial charge in [-0.2, -0.15) is 5.26 Å². The Morgan fingerprint density at radius 2 is 1.86 bits per heavy atom. The minimum atomic E-state index is -0.617. The van der Waals surface area contributed by atoms with Crippen LogP contribution in [0.3, 0.4) is 0 Å². The zero-order valence-electron chi connectivity index (χ0n) is 16.3. The van der Waals surface area contributed by atoms with E-state index < -0.39 is 11.8 Å². The van der Waals surface area contributed by atoms with Crippen LogP contribution >= 0.6 is 0 Å². The lowest BCUT2D eigenvalue weighted by atomic mass is 9.98. The average Bonchev–Trinajstić information content (AvgIpc) is 2.96. The van der Waals surface area contributed by atoms with Crippen molar-refractivity contribution in [1.82, 2.24) is 4.98 Å². The van der Waals surface area contributed by atoms with Crippen molar-refractivity contribution in [2.24, 2.45) is 0 Å². The van der Waals surface area contributed by atoms with E-state index in [2.05, 4.69) is 4.98 Å². The number of aromatic amines is 1. The summed E-state index contributed by atoms with van der Waals surface area (Å²) >= 11 is 0. The summed E-state index contributed by atoms with van der Waals surface area (Å²) in [5, 5.41) is 19.3. The smallest absolute Gasteiger partial charge is 0.340 e. The van der Waals surface area contributed by atoms with Crippen LogP contribution in [0, 0.1) is 25.2 Å². The lowest BCUT2D eigenvalue weighted by Crippen LogP contribution is -2.13. The van der Waals surface area contributed by atoms with Crippen LogP contribution < -0.4 is 4.74 Å². The van der Waals surface area contributed by atoms with Crippen LogP contribution in [0.4, 0.5) is 0 Å². The fraction of sp³-hybridized carbons (Fsp3) is 0.286. The first-order valence-corrected chi connectivity index (χ1v) is 8.82. The molecular weight excluding hydrogens is 360 g/mol. The summed E-state index contributed by atoms with van der Waals surface area (Å²) in [5.74, 6) is -0.987. The molecule has 0 amide bonds. The number of aromatic hydroxyl groups is 1. The molecule has 7 nitrogen and oxygen atoms in total. The lowest BCUT2D eigenvalue weighted by molar-refractivity contribution is 0.0523. The van der Waals surface area contributed by atoms with Gasteiger partial charge in [-0.1, -0.05) is 6.07 Å². The molecule has 2 aromatic rings. The largest absolute Gasteiger partial charge is 0.504 e. The number of allylic oxidation sites excluding steroid dienone is 1. The van der Waals surface area contributed by atoms with Crippen LogP contribution in [0.5, 0.6) is 11.5 Å². The first kappa shape index (κ1) is 20.8. The van der Waals surface area contributed by atoms with Crippen molar-refractivity contribution in [3.8, 4) is 17.6 Å². The van der Waals surface area contributed by atoms with Gasteiger partial charge in [0.15, 0.2) is 11.5 Å². The second-order valence-electron chi connectivity index (χ2n) is 6.00. The van der Waals surface area contributed by atoms with E-state index in [9.17, 15) is 20.0 Å². The van der Waals surface area contributed by atoms with Crippen molar-refractivity contribution in [3.05, 3.63) is 51.9 Å². The van der Waals surface area contributed by atoms with Crippen molar-refractivity contribution in [2.45, 2.75) is 27.7 Å². The predicted octanol–water partition coefficient (Wildman–Crippen LogP) is 3.70. The second-order valence-corrected chi connectivity index (χ2v) is 6.00. The number of H-pyrrole nitrogens is 1. The first-order chi connectivity index (χ1) is 13.3. The molecule has 0 saturated heterocycles. The van der Waals surface area contributed by atoms with E-state index in [1.165, 1.54) is 18.2 Å². The molecule has 0 aliphatic carbocycles. The molecule has 2 rings (SSSR count). The number of carbonyl (C=O) groups excluding carboxylic acids is 2. The van der Waals surface area contributed by atoms with Gasteiger partial charge in [0.25, 0.3) is 0 Å². The fourth-order valence-corrected chi connectivity index (χ4v) is 2.87. The average molecular weight is 382 g/mol. The van der Waals surface area contributed by atoms with Crippen molar-refractivity contribution < 1.29 is 24.2 Å². The topological polar surface area (TPSA) is 112 Å². The number of phenolic OH excluding ortho intramolecular Hbond substituents is 1. The summed E-state index contributed by atoms with van der Waals surface area (Å²) in [6, 6.07) is 6.41. The monoisotopic (exact) mass is 382 g/mol. The third-order valence-corrected chi connectivity index (χ3v) is 4.04. The summed E-state index contributed by atoms with van der Waals surface area (Å²) in [5.41, 5.74) is 1.58. The molecule has 0 atom stereocenters. The quantitative estimate of drug-likeness (QED) is 0.327. The molecule has 7 heteroatoms. The SMILES string of the molecule is CCOC(=O)c1c(C)[nH]c(C)c1C(=O)/C(C#N)=C/c1ccc(O)c(OCC)c1. The number of nitrogens with zero attached hydrogens (tertiary/aromatic N) is 1. The normalized spacial score (nSPS) is 11.0. The highest BCUT2D eigenvalue weighted by Gasteiger charge is 2.27. The third-order valence-electron chi connectivity index (χ3n) is 4.04. The maximum atomic E-state index is 13.0. The number of aromatic nitrogens is 1. The van der Waals surface area contributed by atoms with Crippen molar-refractivity contribution in [3.63, 3.8) is 0 Å². The van der Waals surface area contributed by atoms with Gasteiger partial charge in [-0.15, -0.1) is 0 Å².